The molecule has 0 aromatic heterocycles. The molecule has 1 amide bonds. The molecule has 0 bridgehead atoms. The molecule has 5 heteroatoms. The van der Waals surface area contributed by atoms with Gasteiger partial charge in [0.15, 0.2) is 0 Å². The minimum Gasteiger partial charge on any atom is -0.354 e. The molecule has 0 aromatic rings. The van der Waals surface area contributed by atoms with Crippen LogP contribution in [0.3, 0.4) is 0 Å². The fourth-order valence-electron chi connectivity index (χ4n) is 3.35. The number of rotatable bonds is 5. The number of fused-ring (bicyclic) bond motifs is 1. The minimum atomic E-state index is 0.0524. The van der Waals surface area contributed by atoms with Gasteiger partial charge in [-0.1, -0.05) is 6.92 Å². The van der Waals surface area contributed by atoms with Crippen LogP contribution in [0.25, 0.3) is 0 Å². The number of likely N-dealkylation sites (tertiary alicyclic amines) is 1. The van der Waals surface area contributed by atoms with E-state index in [-0.39, 0.29) is 5.91 Å². The van der Waals surface area contributed by atoms with E-state index in [0.29, 0.717) is 37.4 Å². The van der Waals surface area contributed by atoms with E-state index in [0.717, 1.165) is 26.1 Å². The lowest BCUT2D eigenvalue weighted by molar-refractivity contribution is -0.122. The van der Waals surface area contributed by atoms with Gasteiger partial charge in [-0.25, -0.2) is 0 Å². The second-order valence-electron chi connectivity index (χ2n) is 5.25. The Kier molecular flexibility index (Phi) is 4.56. The molecule has 2 saturated heterocycles. The molecule has 0 spiro atoms. The number of amides is 1. The molecule has 0 aromatic carbocycles. The minimum absolute atomic E-state index is 0.0524. The highest BCUT2D eigenvalue weighted by Gasteiger charge is 2.43. The van der Waals surface area contributed by atoms with Crippen LogP contribution >= 0.6 is 0 Å². The Morgan fingerprint density at radius 1 is 1.56 bits per heavy atom. The normalized spacial score (nSPS) is 31.0. The number of hydrogen-bond donors (Lipinski definition) is 2. The summed E-state index contributed by atoms with van der Waals surface area (Å²) in [6.07, 6.45) is 1.49. The van der Waals surface area contributed by atoms with Crippen LogP contribution in [0.4, 0.5) is 0 Å². The predicted molar refractivity (Wildman–Crippen MR) is 68.7 cm³/mol. The molecule has 100 valence electrons. The highest BCUT2D eigenvalue weighted by atomic mass is 16.2. The smallest absolute Gasteiger partial charge is 0.234 e. The standard InChI is InChI=1S/C13H22N4O/c1-2-12-11-7-15-6-10(11)8-17(12)9-13(18)16-5-3-4-14/h10-12,15H,2-3,5-9H2,1H3,(H,16,18). The van der Waals surface area contributed by atoms with E-state index < -0.39 is 0 Å². The Balaban J connectivity index is 1.82. The van der Waals surface area contributed by atoms with Crippen molar-refractivity contribution in [2.24, 2.45) is 11.8 Å². The quantitative estimate of drug-likeness (QED) is 0.671. The molecule has 0 saturated carbocycles. The first-order chi connectivity index (χ1) is 8.76. The summed E-state index contributed by atoms with van der Waals surface area (Å²) < 4.78 is 0. The van der Waals surface area contributed by atoms with E-state index in [4.69, 9.17) is 5.26 Å². The van der Waals surface area contributed by atoms with Crippen LogP contribution in [0.1, 0.15) is 19.8 Å². The number of nitriles is 1. The summed E-state index contributed by atoms with van der Waals surface area (Å²) in [7, 11) is 0. The van der Waals surface area contributed by atoms with E-state index in [1.165, 1.54) is 0 Å². The Morgan fingerprint density at radius 2 is 2.39 bits per heavy atom. The van der Waals surface area contributed by atoms with Gasteiger partial charge >= 0.3 is 0 Å². The van der Waals surface area contributed by atoms with Gasteiger partial charge < -0.3 is 10.6 Å². The van der Waals surface area contributed by atoms with Crippen LogP contribution in [0, 0.1) is 23.2 Å². The lowest BCUT2D eigenvalue weighted by atomic mass is 9.93. The first-order valence-electron chi connectivity index (χ1n) is 6.84. The van der Waals surface area contributed by atoms with Crippen LogP contribution in [-0.4, -0.2) is 49.6 Å². The second kappa shape index (κ2) is 6.17. The molecule has 2 aliphatic heterocycles. The fourth-order valence-corrected chi connectivity index (χ4v) is 3.35. The van der Waals surface area contributed by atoms with Gasteiger partial charge in [0.25, 0.3) is 0 Å². The summed E-state index contributed by atoms with van der Waals surface area (Å²) in [6, 6.07) is 2.57. The maximum atomic E-state index is 11.8. The molecule has 2 rings (SSSR count). The molecular weight excluding hydrogens is 228 g/mol. The molecule has 3 unspecified atom stereocenters. The zero-order valence-corrected chi connectivity index (χ0v) is 11.0. The molecule has 18 heavy (non-hydrogen) atoms. The molecule has 2 aliphatic rings. The molecule has 0 radical (unpaired) electrons. The monoisotopic (exact) mass is 250 g/mol. The number of nitrogens with zero attached hydrogens (tertiary/aromatic N) is 2. The fraction of sp³-hybridized carbons (Fsp3) is 0.846. The number of carbonyl (C=O) groups excluding carboxylic acids is 1. The summed E-state index contributed by atoms with van der Waals surface area (Å²) in [6.45, 7) is 6.36. The van der Waals surface area contributed by atoms with Gasteiger partial charge in [0, 0.05) is 19.1 Å². The highest BCUT2D eigenvalue weighted by molar-refractivity contribution is 5.78. The van der Waals surface area contributed by atoms with Crippen molar-refractivity contribution >= 4 is 5.91 Å². The van der Waals surface area contributed by atoms with Crippen molar-refractivity contribution < 1.29 is 4.79 Å². The first kappa shape index (κ1) is 13.3. The Labute approximate surface area is 109 Å². The van der Waals surface area contributed by atoms with Crippen LogP contribution in [0.2, 0.25) is 0 Å². The van der Waals surface area contributed by atoms with Crippen molar-refractivity contribution in [2.45, 2.75) is 25.8 Å². The van der Waals surface area contributed by atoms with E-state index >= 15 is 0 Å². The molecular formula is C13H22N4O. The summed E-state index contributed by atoms with van der Waals surface area (Å²) in [5, 5.41) is 14.7. The van der Waals surface area contributed by atoms with E-state index in [1.807, 2.05) is 6.07 Å². The topological polar surface area (TPSA) is 68.2 Å². The van der Waals surface area contributed by atoms with Gasteiger partial charge in [-0.2, -0.15) is 5.26 Å². The Bertz CT molecular complexity index is 338. The molecule has 2 heterocycles. The SMILES string of the molecule is CCC1C2CNCC2CN1CC(=O)NCCC#N. The van der Waals surface area contributed by atoms with Gasteiger partial charge in [0.2, 0.25) is 5.91 Å². The number of carbonyl (C=O) groups is 1. The van der Waals surface area contributed by atoms with Crippen molar-refractivity contribution in [3.05, 3.63) is 0 Å². The van der Waals surface area contributed by atoms with Crippen molar-refractivity contribution in [1.29, 1.82) is 5.26 Å². The predicted octanol–water partition coefficient (Wildman–Crippen LogP) is -0.0539. The average Bonchev–Trinajstić information content (AvgIpc) is 2.89. The summed E-state index contributed by atoms with van der Waals surface area (Å²) in [4.78, 5) is 14.1. The summed E-state index contributed by atoms with van der Waals surface area (Å²) in [5.41, 5.74) is 0. The second-order valence-corrected chi connectivity index (χ2v) is 5.25. The number of nitrogens with one attached hydrogen (secondary N) is 2. The van der Waals surface area contributed by atoms with Crippen molar-refractivity contribution in [1.82, 2.24) is 15.5 Å². The third-order valence-electron chi connectivity index (χ3n) is 4.15. The third-order valence-corrected chi connectivity index (χ3v) is 4.15. The number of hydrogen-bond acceptors (Lipinski definition) is 4. The van der Waals surface area contributed by atoms with Crippen LogP contribution in [0.15, 0.2) is 0 Å². The van der Waals surface area contributed by atoms with Crippen LogP contribution in [-0.2, 0) is 4.79 Å². The molecule has 0 aliphatic carbocycles. The Morgan fingerprint density at radius 3 is 3.11 bits per heavy atom. The molecule has 5 nitrogen and oxygen atoms in total. The van der Waals surface area contributed by atoms with E-state index in [2.05, 4.69) is 22.5 Å². The van der Waals surface area contributed by atoms with Gasteiger partial charge in [0.05, 0.1) is 19.0 Å². The zero-order valence-electron chi connectivity index (χ0n) is 11.0. The third kappa shape index (κ3) is 2.82. The van der Waals surface area contributed by atoms with Crippen LogP contribution < -0.4 is 10.6 Å². The van der Waals surface area contributed by atoms with Gasteiger partial charge in [0.1, 0.15) is 0 Å². The van der Waals surface area contributed by atoms with Crippen molar-refractivity contribution in [3.8, 4) is 6.07 Å². The van der Waals surface area contributed by atoms with Crippen LogP contribution in [0.5, 0.6) is 0 Å². The van der Waals surface area contributed by atoms with E-state index in [1.54, 1.807) is 0 Å². The average molecular weight is 250 g/mol. The Hall–Kier alpha value is -1.12. The highest BCUT2D eigenvalue weighted by Crippen LogP contribution is 2.33. The molecule has 2 N–H and O–H groups in total. The van der Waals surface area contributed by atoms with Gasteiger partial charge in [-0.15, -0.1) is 0 Å². The van der Waals surface area contributed by atoms with Crippen molar-refractivity contribution in [3.63, 3.8) is 0 Å². The summed E-state index contributed by atoms with van der Waals surface area (Å²) in [5.74, 6) is 1.47. The first-order valence-corrected chi connectivity index (χ1v) is 6.84. The van der Waals surface area contributed by atoms with Crippen molar-refractivity contribution in [2.75, 3.05) is 32.7 Å². The molecule has 3 atom stereocenters. The van der Waals surface area contributed by atoms with E-state index in [9.17, 15) is 4.79 Å². The lowest BCUT2D eigenvalue weighted by Gasteiger charge is -2.26. The molecule has 2 fully saturated rings. The van der Waals surface area contributed by atoms with Gasteiger partial charge in [-0.05, 0) is 31.3 Å². The maximum absolute atomic E-state index is 11.8. The summed E-state index contributed by atoms with van der Waals surface area (Å²) >= 11 is 0. The lowest BCUT2D eigenvalue weighted by Crippen LogP contribution is -2.42. The maximum Gasteiger partial charge on any atom is 0.234 e. The zero-order chi connectivity index (χ0) is 13.0. The van der Waals surface area contributed by atoms with Gasteiger partial charge in [-0.3, -0.25) is 9.69 Å². The largest absolute Gasteiger partial charge is 0.354 e.